The quantitative estimate of drug-likeness (QED) is 0.882. The van der Waals surface area contributed by atoms with E-state index in [0.29, 0.717) is 17.7 Å². The number of rotatable bonds is 3. The Morgan fingerprint density at radius 1 is 1.24 bits per heavy atom. The number of ether oxygens (including phenoxy) is 2. The average Bonchev–Trinajstić information content (AvgIpc) is 2.30. The zero-order valence-electron chi connectivity index (χ0n) is 10.2. The molecular weight excluding hydrogens is 218 g/mol. The summed E-state index contributed by atoms with van der Waals surface area (Å²) in [6, 6.07) is 5.21. The lowest BCUT2D eigenvalue weighted by Gasteiger charge is -2.08. The van der Waals surface area contributed by atoms with Gasteiger partial charge < -0.3 is 14.5 Å². The predicted octanol–water partition coefficient (Wildman–Crippen LogP) is 1.99. The van der Waals surface area contributed by atoms with E-state index in [4.69, 9.17) is 9.47 Å². The molecule has 0 amide bonds. The Balaban J connectivity index is 2.72. The molecule has 0 saturated carbocycles. The van der Waals surface area contributed by atoms with Crippen molar-refractivity contribution in [3.8, 4) is 5.75 Å². The molecule has 1 heterocycles. The summed E-state index contributed by atoms with van der Waals surface area (Å²) in [7, 11) is 3.19. The van der Waals surface area contributed by atoms with Crippen LogP contribution in [0.2, 0.25) is 0 Å². The molecule has 4 nitrogen and oxygen atoms in total. The summed E-state index contributed by atoms with van der Waals surface area (Å²) < 4.78 is 10.2. The lowest BCUT2D eigenvalue weighted by Crippen LogP contribution is -2.07. The number of aryl methyl sites for hydroxylation is 1. The topological polar surface area (TPSA) is 51.3 Å². The van der Waals surface area contributed by atoms with Crippen LogP contribution in [0.3, 0.4) is 0 Å². The van der Waals surface area contributed by atoms with Crippen LogP contribution in [-0.2, 0) is 11.3 Å². The minimum absolute atomic E-state index is 0.0206. The van der Waals surface area contributed by atoms with Gasteiger partial charge in [0.1, 0.15) is 5.75 Å². The Bertz CT molecular complexity index is 601. The van der Waals surface area contributed by atoms with Gasteiger partial charge in [0.25, 0.3) is 0 Å². The maximum atomic E-state index is 12.0. The number of hydrogen-bond donors (Lipinski definition) is 1. The number of aromatic nitrogens is 1. The highest BCUT2D eigenvalue weighted by Gasteiger charge is 2.06. The van der Waals surface area contributed by atoms with Gasteiger partial charge in [0, 0.05) is 24.3 Å². The van der Waals surface area contributed by atoms with Gasteiger partial charge in [-0.2, -0.15) is 0 Å². The van der Waals surface area contributed by atoms with Crippen molar-refractivity contribution in [2.75, 3.05) is 14.2 Å². The van der Waals surface area contributed by atoms with Crippen molar-refractivity contribution in [1.29, 1.82) is 0 Å². The van der Waals surface area contributed by atoms with E-state index >= 15 is 0 Å². The maximum absolute atomic E-state index is 12.0. The SMILES string of the molecule is COCc1cc(=O)c2cc(OC)cc(C)c2[nH]1. The van der Waals surface area contributed by atoms with E-state index in [0.717, 1.165) is 16.8 Å². The van der Waals surface area contributed by atoms with Gasteiger partial charge in [-0.15, -0.1) is 0 Å². The van der Waals surface area contributed by atoms with Gasteiger partial charge in [0.15, 0.2) is 5.43 Å². The molecule has 0 aliphatic carbocycles. The summed E-state index contributed by atoms with van der Waals surface area (Å²) in [5.74, 6) is 0.694. The largest absolute Gasteiger partial charge is 0.497 e. The molecule has 0 radical (unpaired) electrons. The molecule has 0 aliphatic rings. The van der Waals surface area contributed by atoms with Gasteiger partial charge in [0.2, 0.25) is 0 Å². The molecule has 0 fully saturated rings. The molecule has 1 N–H and O–H groups in total. The summed E-state index contributed by atoms with van der Waals surface area (Å²) >= 11 is 0. The number of H-pyrrole nitrogens is 1. The first-order valence-electron chi connectivity index (χ1n) is 5.35. The van der Waals surface area contributed by atoms with Crippen molar-refractivity contribution < 1.29 is 9.47 Å². The maximum Gasteiger partial charge on any atom is 0.189 e. The first-order valence-corrected chi connectivity index (χ1v) is 5.35. The standard InChI is InChI=1S/C13H15NO3/c1-8-4-10(17-3)6-11-12(15)5-9(7-16-2)14-13(8)11/h4-6H,7H2,1-3H3,(H,14,15). The van der Waals surface area contributed by atoms with Crippen molar-refractivity contribution in [3.05, 3.63) is 39.7 Å². The van der Waals surface area contributed by atoms with Gasteiger partial charge in [-0.3, -0.25) is 4.79 Å². The lowest BCUT2D eigenvalue weighted by molar-refractivity contribution is 0.181. The van der Waals surface area contributed by atoms with Gasteiger partial charge in [0.05, 0.1) is 19.2 Å². The number of hydrogen-bond acceptors (Lipinski definition) is 3. The zero-order valence-corrected chi connectivity index (χ0v) is 10.2. The van der Waals surface area contributed by atoms with Gasteiger partial charge in [-0.05, 0) is 24.6 Å². The molecule has 2 rings (SSSR count). The summed E-state index contributed by atoms with van der Waals surface area (Å²) in [6.45, 7) is 2.34. The van der Waals surface area contributed by atoms with Crippen molar-refractivity contribution in [1.82, 2.24) is 4.98 Å². The molecule has 1 aromatic heterocycles. The number of fused-ring (bicyclic) bond motifs is 1. The first-order chi connectivity index (χ1) is 8.15. The van der Waals surface area contributed by atoms with Crippen molar-refractivity contribution in [2.24, 2.45) is 0 Å². The molecule has 2 aromatic rings. The first kappa shape index (κ1) is 11.7. The van der Waals surface area contributed by atoms with Crippen LogP contribution in [0.25, 0.3) is 10.9 Å². The Morgan fingerprint density at radius 2 is 2.00 bits per heavy atom. The molecule has 0 atom stereocenters. The highest BCUT2D eigenvalue weighted by Crippen LogP contribution is 2.21. The Morgan fingerprint density at radius 3 is 2.65 bits per heavy atom. The highest BCUT2D eigenvalue weighted by atomic mass is 16.5. The van der Waals surface area contributed by atoms with Crippen molar-refractivity contribution >= 4 is 10.9 Å². The van der Waals surface area contributed by atoms with Crippen LogP contribution >= 0.6 is 0 Å². The van der Waals surface area contributed by atoms with Crippen LogP contribution in [-0.4, -0.2) is 19.2 Å². The summed E-state index contributed by atoms with van der Waals surface area (Å²) in [5.41, 5.74) is 2.57. The molecule has 0 spiro atoms. The number of pyridine rings is 1. The average molecular weight is 233 g/mol. The highest BCUT2D eigenvalue weighted by molar-refractivity contribution is 5.83. The lowest BCUT2D eigenvalue weighted by atomic mass is 10.1. The minimum atomic E-state index is -0.0206. The third-order valence-electron chi connectivity index (χ3n) is 2.70. The predicted molar refractivity (Wildman–Crippen MR) is 66.6 cm³/mol. The van der Waals surface area contributed by atoms with E-state index in [1.54, 1.807) is 26.4 Å². The number of aromatic amines is 1. The van der Waals surface area contributed by atoms with E-state index in [1.807, 2.05) is 13.0 Å². The third-order valence-corrected chi connectivity index (χ3v) is 2.70. The summed E-state index contributed by atoms with van der Waals surface area (Å²) in [5, 5.41) is 0.640. The normalized spacial score (nSPS) is 10.8. The van der Waals surface area contributed by atoms with Gasteiger partial charge >= 0.3 is 0 Å². The van der Waals surface area contributed by atoms with Crippen LogP contribution in [0.1, 0.15) is 11.3 Å². The number of nitrogens with one attached hydrogen (secondary N) is 1. The van der Waals surface area contributed by atoms with E-state index in [1.165, 1.54) is 0 Å². The fourth-order valence-corrected chi connectivity index (χ4v) is 1.90. The third kappa shape index (κ3) is 2.17. The second kappa shape index (κ2) is 4.59. The second-order valence-electron chi connectivity index (χ2n) is 3.96. The fraction of sp³-hybridized carbons (Fsp3) is 0.308. The van der Waals surface area contributed by atoms with Crippen LogP contribution in [0.15, 0.2) is 23.0 Å². The Kier molecular flexibility index (Phi) is 3.15. The molecule has 4 heteroatoms. The molecule has 17 heavy (non-hydrogen) atoms. The molecule has 0 bridgehead atoms. The van der Waals surface area contributed by atoms with Gasteiger partial charge in [-0.25, -0.2) is 0 Å². The van der Waals surface area contributed by atoms with E-state index in [2.05, 4.69) is 4.98 Å². The molecule has 1 aromatic carbocycles. The van der Waals surface area contributed by atoms with Crippen LogP contribution < -0.4 is 10.2 Å². The smallest absolute Gasteiger partial charge is 0.189 e. The van der Waals surface area contributed by atoms with Crippen molar-refractivity contribution in [3.63, 3.8) is 0 Å². The van der Waals surface area contributed by atoms with Gasteiger partial charge in [-0.1, -0.05) is 0 Å². The van der Waals surface area contributed by atoms with E-state index in [-0.39, 0.29) is 5.43 Å². The molecule has 90 valence electrons. The molecular formula is C13H15NO3. The van der Waals surface area contributed by atoms with Crippen LogP contribution in [0.4, 0.5) is 0 Å². The minimum Gasteiger partial charge on any atom is -0.497 e. The van der Waals surface area contributed by atoms with Crippen LogP contribution in [0.5, 0.6) is 5.75 Å². The molecule has 0 aliphatic heterocycles. The van der Waals surface area contributed by atoms with Crippen molar-refractivity contribution in [2.45, 2.75) is 13.5 Å². The molecule has 0 saturated heterocycles. The number of benzene rings is 1. The summed E-state index contributed by atoms with van der Waals surface area (Å²) in [4.78, 5) is 15.2. The number of methoxy groups -OCH3 is 2. The Labute approximate surface area is 99.2 Å². The fourth-order valence-electron chi connectivity index (χ4n) is 1.90. The monoisotopic (exact) mass is 233 g/mol. The van der Waals surface area contributed by atoms with E-state index < -0.39 is 0 Å². The Hall–Kier alpha value is -1.81. The van der Waals surface area contributed by atoms with Crippen LogP contribution in [0, 0.1) is 6.92 Å². The second-order valence-corrected chi connectivity index (χ2v) is 3.96. The van der Waals surface area contributed by atoms with E-state index in [9.17, 15) is 4.79 Å². The summed E-state index contributed by atoms with van der Waals surface area (Å²) in [6.07, 6.45) is 0. The molecule has 0 unspecified atom stereocenters. The zero-order chi connectivity index (χ0) is 12.4.